The van der Waals surface area contributed by atoms with Gasteiger partial charge in [-0.3, -0.25) is 4.79 Å². The average molecular weight is 573 g/mol. The van der Waals surface area contributed by atoms with Crippen LogP contribution in [0.1, 0.15) is 86.5 Å². The minimum absolute atomic E-state index is 0.0818. The molecule has 4 rings (SSSR count). The summed E-state index contributed by atoms with van der Waals surface area (Å²) in [4.78, 5) is 13.8. The standard InChI is InChI=1S/C34H52O7/c1-7-22(4)30(35)23(5)12-14-27-18-28-17-26(40-27)13-11-21(3)15-20(2)9-8-10-25-19-39-32-31(36)24(6)16-29(33(37)41-28)34(25,32)38/h8-11,16,20,22-23,26-32,35-36,38H,7,12-15,17-19H2,1-6H3/b9-8+,21-11+,25-10+/t20-,22?,23-,26?,27-,28?,29-,30?,31+,32+,34+/m0/s1. The molecule has 2 bridgehead atoms. The molecule has 7 heteroatoms. The van der Waals surface area contributed by atoms with Gasteiger partial charge in [0.2, 0.25) is 0 Å². The molecular weight excluding hydrogens is 520 g/mol. The quantitative estimate of drug-likeness (QED) is 0.297. The second-order valence-electron chi connectivity index (χ2n) is 13.3. The SMILES string of the molecule is CCC(C)C(O)[C@@H](C)CC[C@H]1CC2CC(C/C=C(\C)C[C@@H](C)/C=C/C=C3\CO[C@@H]4[C@H](O)C(C)=C[C@@H](C(=O)O2)[C@]34O)O1. The van der Waals surface area contributed by atoms with Gasteiger partial charge in [-0.25, -0.2) is 0 Å². The average Bonchev–Trinajstić information content (AvgIpc) is 3.28. The molecule has 7 nitrogen and oxygen atoms in total. The summed E-state index contributed by atoms with van der Waals surface area (Å²) in [6.07, 6.45) is 12.3. The lowest BCUT2D eigenvalue weighted by Gasteiger charge is -2.42. The summed E-state index contributed by atoms with van der Waals surface area (Å²) in [7, 11) is 0. The van der Waals surface area contributed by atoms with Crippen molar-refractivity contribution in [3.8, 4) is 0 Å². The number of carbonyl (C=O) groups is 1. The summed E-state index contributed by atoms with van der Waals surface area (Å²) in [6, 6.07) is 0. The Morgan fingerprint density at radius 1 is 1.15 bits per heavy atom. The number of aliphatic hydroxyl groups is 3. The summed E-state index contributed by atoms with van der Waals surface area (Å²) in [5.41, 5.74) is 0.776. The topological polar surface area (TPSA) is 105 Å². The minimum atomic E-state index is -1.68. The van der Waals surface area contributed by atoms with Gasteiger partial charge in [0.05, 0.1) is 24.9 Å². The Morgan fingerprint density at radius 3 is 2.63 bits per heavy atom. The summed E-state index contributed by atoms with van der Waals surface area (Å²) in [5.74, 6) is -0.792. The number of rotatable bonds is 6. The molecule has 0 aromatic heterocycles. The highest BCUT2D eigenvalue weighted by Gasteiger charge is 2.59. The third-order valence-corrected chi connectivity index (χ3v) is 9.86. The Hall–Kier alpha value is -1.77. The van der Waals surface area contributed by atoms with Crippen LogP contribution in [0, 0.1) is 23.7 Å². The number of carbonyl (C=O) groups excluding carboxylic acids is 1. The molecule has 0 amide bonds. The number of allylic oxidation sites excluding steroid dienone is 4. The van der Waals surface area contributed by atoms with E-state index in [0.29, 0.717) is 24.0 Å². The molecule has 2 saturated heterocycles. The van der Waals surface area contributed by atoms with E-state index in [1.54, 1.807) is 13.0 Å². The van der Waals surface area contributed by atoms with Crippen LogP contribution in [0.25, 0.3) is 0 Å². The molecule has 1 aliphatic carbocycles. The van der Waals surface area contributed by atoms with Crippen LogP contribution in [-0.2, 0) is 19.0 Å². The lowest BCUT2D eigenvalue weighted by molar-refractivity contribution is -0.177. The Kier molecular flexibility index (Phi) is 10.7. The van der Waals surface area contributed by atoms with Crippen molar-refractivity contribution >= 4 is 5.97 Å². The third kappa shape index (κ3) is 7.24. The number of fused-ring (bicyclic) bond motifs is 2. The zero-order valence-corrected chi connectivity index (χ0v) is 25.8. The summed E-state index contributed by atoms with van der Waals surface area (Å²) in [5, 5.41) is 33.6. The first-order valence-corrected chi connectivity index (χ1v) is 15.7. The van der Waals surface area contributed by atoms with E-state index in [9.17, 15) is 20.1 Å². The van der Waals surface area contributed by atoms with Gasteiger partial charge in [-0.15, -0.1) is 0 Å². The molecule has 11 atom stereocenters. The van der Waals surface area contributed by atoms with Crippen LogP contribution >= 0.6 is 0 Å². The van der Waals surface area contributed by atoms with Crippen molar-refractivity contribution in [3.63, 3.8) is 0 Å². The zero-order chi connectivity index (χ0) is 29.9. The monoisotopic (exact) mass is 572 g/mol. The largest absolute Gasteiger partial charge is 0.462 e. The van der Waals surface area contributed by atoms with Gasteiger partial charge in [0.25, 0.3) is 0 Å². The van der Waals surface area contributed by atoms with Crippen LogP contribution < -0.4 is 0 Å². The fourth-order valence-corrected chi connectivity index (χ4v) is 6.98. The molecule has 230 valence electrons. The fourth-order valence-electron chi connectivity index (χ4n) is 6.98. The van der Waals surface area contributed by atoms with Gasteiger partial charge >= 0.3 is 5.97 Å². The molecule has 0 saturated carbocycles. The van der Waals surface area contributed by atoms with Crippen molar-refractivity contribution in [1.29, 1.82) is 0 Å². The molecular formula is C34H52O7. The Labute approximate surface area is 246 Å². The van der Waals surface area contributed by atoms with Crippen LogP contribution in [0.5, 0.6) is 0 Å². The Morgan fingerprint density at radius 2 is 1.90 bits per heavy atom. The van der Waals surface area contributed by atoms with Gasteiger partial charge < -0.3 is 29.5 Å². The lowest BCUT2D eigenvalue weighted by atomic mass is 9.71. The normalized spacial score (nSPS) is 41.9. The second kappa shape index (κ2) is 13.7. The predicted molar refractivity (Wildman–Crippen MR) is 159 cm³/mol. The number of esters is 1. The molecule has 4 unspecified atom stereocenters. The van der Waals surface area contributed by atoms with E-state index in [0.717, 1.165) is 32.1 Å². The van der Waals surface area contributed by atoms with E-state index in [1.807, 2.05) is 12.2 Å². The highest BCUT2D eigenvalue weighted by Crippen LogP contribution is 2.45. The number of hydrogen-bond acceptors (Lipinski definition) is 7. The molecule has 0 spiro atoms. The summed E-state index contributed by atoms with van der Waals surface area (Å²) < 4.78 is 18.6. The van der Waals surface area contributed by atoms with Crippen molar-refractivity contribution < 1.29 is 34.3 Å². The van der Waals surface area contributed by atoms with Crippen molar-refractivity contribution in [3.05, 3.63) is 47.1 Å². The number of ether oxygens (including phenoxy) is 3. The molecule has 2 fully saturated rings. The fraction of sp³-hybridized carbons (Fsp3) is 0.735. The number of hydrogen-bond donors (Lipinski definition) is 3. The molecule has 0 aromatic rings. The third-order valence-electron chi connectivity index (χ3n) is 9.86. The highest BCUT2D eigenvalue weighted by atomic mass is 16.6. The molecule has 0 aromatic carbocycles. The molecule has 4 aliphatic rings. The van der Waals surface area contributed by atoms with Crippen LogP contribution in [0.15, 0.2) is 47.1 Å². The smallest absolute Gasteiger partial charge is 0.316 e. The van der Waals surface area contributed by atoms with Crippen molar-refractivity contribution in [2.24, 2.45) is 23.7 Å². The zero-order valence-electron chi connectivity index (χ0n) is 25.8. The van der Waals surface area contributed by atoms with Gasteiger partial charge in [0.15, 0.2) is 0 Å². The van der Waals surface area contributed by atoms with E-state index in [2.05, 4.69) is 46.8 Å². The van der Waals surface area contributed by atoms with Gasteiger partial charge in [-0.1, -0.05) is 70.1 Å². The molecule has 3 N–H and O–H groups in total. The first-order valence-electron chi connectivity index (χ1n) is 15.7. The van der Waals surface area contributed by atoms with Gasteiger partial charge in [-0.05, 0) is 68.4 Å². The van der Waals surface area contributed by atoms with E-state index in [-0.39, 0.29) is 48.8 Å². The first kappa shape index (κ1) is 32.2. The maximum absolute atomic E-state index is 13.8. The van der Waals surface area contributed by atoms with Gasteiger partial charge in [0, 0.05) is 12.8 Å². The van der Waals surface area contributed by atoms with Crippen molar-refractivity contribution in [1.82, 2.24) is 0 Å². The Bertz CT molecular complexity index is 1040. The second-order valence-corrected chi connectivity index (χ2v) is 13.3. The van der Waals surface area contributed by atoms with E-state index in [4.69, 9.17) is 14.2 Å². The molecule has 41 heavy (non-hydrogen) atoms. The molecule has 0 radical (unpaired) electrons. The van der Waals surface area contributed by atoms with E-state index in [1.165, 1.54) is 5.57 Å². The molecule has 3 heterocycles. The van der Waals surface area contributed by atoms with Crippen LogP contribution in [0.3, 0.4) is 0 Å². The van der Waals surface area contributed by atoms with E-state index >= 15 is 0 Å². The summed E-state index contributed by atoms with van der Waals surface area (Å²) in [6.45, 7) is 12.5. The van der Waals surface area contributed by atoms with Crippen LogP contribution in [0.4, 0.5) is 0 Å². The van der Waals surface area contributed by atoms with Crippen molar-refractivity contribution in [2.75, 3.05) is 6.61 Å². The van der Waals surface area contributed by atoms with Gasteiger partial charge in [-0.2, -0.15) is 0 Å². The lowest BCUT2D eigenvalue weighted by Crippen LogP contribution is -2.57. The minimum Gasteiger partial charge on any atom is -0.462 e. The first-order chi connectivity index (χ1) is 19.4. The van der Waals surface area contributed by atoms with Crippen LogP contribution in [0.2, 0.25) is 0 Å². The Balaban J connectivity index is 1.60. The molecule has 3 aliphatic heterocycles. The predicted octanol–water partition coefficient (Wildman–Crippen LogP) is 5.19. The van der Waals surface area contributed by atoms with Gasteiger partial charge in [0.1, 0.15) is 29.8 Å². The maximum Gasteiger partial charge on any atom is 0.316 e. The van der Waals surface area contributed by atoms with Crippen molar-refractivity contribution in [2.45, 2.75) is 129 Å². The highest BCUT2D eigenvalue weighted by molar-refractivity contribution is 5.78. The summed E-state index contributed by atoms with van der Waals surface area (Å²) >= 11 is 0. The van der Waals surface area contributed by atoms with E-state index < -0.39 is 29.7 Å². The van der Waals surface area contributed by atoms with Crippen LogP contribution in [-0.4, -0.2) is 70.1 Å². The number of aliphatic hydroxyl groups excluding tert-OH is 2. The maximum atomic E-state index is 13.8.